The molecule has 0 saturated heterocycles. The minimum Gasteiger partial charge on any atom is -0.298 e. The molecule has 100 valence electrons. The van der Waals surface area contributed by atoms with E-state index in [9.17, 15) is 4.79 Å². The maximum absolute atomic E-state index is 11.3. The Bertz CT molecular complexity index is 624. The van der Waals surface area contributed by atoms with Gasteiger partial charge in [-0.05, 0) is 24.6 Å². The van der Waals surface area contributed by atoms with Crippen molar-refractivity contribution >= 4 is 17.9 Å². The summed E-state index contributed by atoms with van der Waals surface area (Å²) < 4.78 is 1.62. The lowest BCUT2D eigenvalue weighted by atomic mass is 9.90. The van der Waals surface area contributed by atoms with Gasteiger partial charge in [-0.1, -0.05) is 44.5 Å². The average molecular weight is 277 g/mol. The third kappa shape index (κ3) is 2.56. The first-order valence-electron chi connectivity index (χ1n) is 6.16. The number of benzene rings is 1. The van der Waals surface area contributed by atoms with Crippen LogP contribution >= 0.6 is 11.6 Å². The standard InChI is InChI=1S/C15H17ClN2O/c1-10-6-5-7-11(8-10)18-14(16)12(9-19)13(17-18)15(2,3)4/h5-9H,1-4H3. The van der Waals surface area contributed by atoms with Crippen LogP contribution in [0, 0.1) is 6.92 Å². The predicted molar refractivity (Wildman–Crippen MR) is 77.4 cm³/mol. The molecule has 0 N–H and O–H groups in total. The number of carbonyl (C=O) groups excluding carboxylic acids is 1. The van der Waals surface area contributed by atoms with Crippen LogP contribution in [-0.2, 0) is 5.41 Å². The summed E-state index contributed by atoms with van der Waals surface area (Å²) in [5.41, 5.74) is 2.94. The van der Waals surface area contributed by atoms with Crippen molar-refractivity contribution in [3.05, 3.63) is 46.2 Å². The van der Waals surface area contributed by atoms with Gasteiger partial charge in [0.15, 0.2) is 6.29 Å². The molecule has 0 spiro atoms. The van der Waals surface area contributed by atoms with E-state index >= 15 is 0 Å². The molecule has 1 aromatic heterocycles. The lowest BCUT2D eigenvalue weighted by Crippen LogP contribution is -2.14. The molecule has 0 unspecified atom stereocenters. The molecule has 19 heavy (non-hydrogen) atoms. The maximum atomic E-state index is 11.3. The summed E-state index contributed by atoms with van der Waals surface area (Å²) in [6, 6.07) is 7.86. The van der Waals surface area contributed by atoms with E-state index in [0.29, 0.717) is 16.4 Å². The number of hydrogen-bond acceptors (Lipinski definition) is 2. The van der Waals surface area contributed by atoms with E-state index in [1.807, 2.05) is 52.0 Å². The van der Waals surface area contributed by atoms with E-state index in [-0.39, 0.29) is 5.41 Å². The van der Waals surface area contributed by atoms with E-state index in [4.69, 9.17) is 11.6 Å². The molecule has 0 aliphatic carbocycles. The molecule has 0 aliphatic heterocycles. The maximum Gasteiger partial charge on any atom is 0.155 e. The number of aldehydes is 1. The van der Waals surface area contributed by atoms with E-state index < -0.39 is 0 Å². The van der Waals surface area contributed by atoms with Crippen LogP contribution in [0.15, 0.2) is 24.3 Å². The zero-order valence-electron chi connectivity index (χ0n) is 11.6. The van der Waals surface area contributed by atoms with Crippen LogP contribution in [0.2, 0.25) is 5.15 Å². The average Bonchev–Trinajstić information content (AvgIpc) is 2.66. The van der Waals surface area contributed by atoms with Gasteiger partial charge < -0.3 is 0 Å². The van der Waals surface area contributed by atoms with Crippen molar-refractivity contribution in [2.75, 3.05) is 0 Å². The van der Waals surface area contributed by atoms with Crippen LogP contribution in [-0.4, -0.2) is 16.1 Å². The fourth-order valence-corrected chi connectivity index (χ4v) is 2.27. The van der Waals surface area contributed by atoms with Gasteiger partial charge in [0.25, 0.3) is 0 Å². The molecule has 0 fully saturated rings. The Kier molecular flexibility index (Phi) is 3.50. The fraction of sp³-hybridized carbons (Fsp3) is 0.333. The van der Waals surface area contributed by atoms with Crippen LogP contribution in [0.3, 0.4) is 0 Å². The van der Waals surface area contributed by atoms with Crippen molar-refractivity contribution in [2.24, 2.45) is 0 Å². The number of aromatic nitrogens is 2. The molecule has 0 radical (unpaired) electrons. The molecule has 2 rings (SSSR count). The molecule has 0 amide bonds. The second kappa shape index (κ2) is 4.82. The molecule has 0 atom stereocenters. The topological polar surface area (TPSA) is 34.9 Å². The van der Waals surface area contributed by atoms with Crippen molar-refractivity contribution in [3.8, 4) is 5.69 Å². The predicted octanol–water partition coefficient (Wildman–Crippen LogP) is 3.94. The van der Waals surface area contributed by atoms with Gasteiger partial charge in [-0.15, -0.1) is 0 Å². The zero-order valence-corrected chi connectivity index (χ0v) is 12.3. The van der Waals surface area contributed by atoms with Crippen LogP contribution in [0.4, 0.5) is 0 Å². The molecule has 4 heteroatoms. The molecule has 3 nitrogen and oxygen atoms in total. The van der Waals surface area contributed by atoms with Gasteiger partial charge in [0.2, 0.25) is 0 Å². The molecular weight excluding hydrogens is 260 g/mol. The lowest BCUT2D eigenvalue weighted by Gasteiger charge is -2.15. The van der Waals surface area contributed by atoms with E-state index in [1.54, 1.807) is 4.68 Å². The molecule has 1 aromatic carbocycles. The summed E-state index contributed by atoms with van der Waals surface area (Å²) in [6.45, 7) is 8.05. The smallest absolute Gasteiger partial charge is 0.155 e. The number of halogens is 1. The monoisotopic (exact) mass is 276 g/mol. The highest BCUT2D eigenvalue weighted by Gasteiger charge is 2.26. The van der Waals surface area contributed by atoms with Crippen LogP contribution in [0.25, 0.3) is 5.69 Å². The zero-order chi connectivity index (χ0) is 14.2. The summed E-state index contributed by atoms with van der Waals surface area (Å²) in [5, 5.41) is 4.88. The van der Waals surface area contributed by atoms with E-state index in [0.717, 1.165) is 17.5 Å². The number of hydrogen-bond donors (Lipinski definition) is 0. The third-order valence-electron chi connectivity index (χ3n) is 2.94. The van der Waals surface area contributed by atoms with Crippen LogP contribution in [0.1, 0.15) is 42.4 Å². The first kappa shape index (κ1) is 13.8. The summed E-state index contributed by atoms with van der Waals surface area (Å²) in [7, 11) is 0. The van der Waals surface area contributed by atoms with Crippen LogP contribution < -0.4 is 0 Å². The number of nitrogens with zero attached hydrogens (tertiary/aromatic N) is 2. The Balaban J connectivity index is 2.66. The van der Waals surface area contributed by atoms with Gasteiger partial charge in [-0.3, -0.25) is 4.79 Å². The van der Waals surface area contributed by atoms with E-state index in [1.165, 1.54) is 0 Å². The summed E-state index contributed by atoms with van der Waals surface area (Å²) in [6.07, 6.45) is 0.780. The Hall–Kier alpha value is -1.61. The second-order valence-electron chi connectivity index (χ2n) is 5.67. The Morgan fingerprint density at radius 1 is 1.32 bits per heavy atom. The van der Waals surface area contributed by atoms with Crippen LogP contribution in [0.5, 0.6) is 0 Å². The Morgan fingerprint density at radius 3 is 2.47 bits per heavy atom. The minimum atomic E-state index is -0.227. The summed E-state index contributed by atoms with van der Waals surface area (Å²) in [4.78, 5) is 11.3. The molecule has 2 aromatic rings. The van der Waals surface area contributed by atoms with Crippen molar-refractivity contribution in [2.45, 2.75) is 33.1 Å². The largest absolute Gasteiger partial charge is 0.298 e. The highest BCUT2D eigenvalue weighted by Crippen LogP contribution is 2.30. The quantitative estimate of drug-likeness (QED) is 0.779. The van der Waals surface area contributed by atoms with Gasteiger partial charge in [0, 0.05) is 5.41 Å². The van der Waals surface area contributed by atoms with Crippen molar-refractivity contribution in [3.63, 3.8) is 0 Å². The number of carbonyl (C=O) groups is 1. The second-order valence-corrected chi connectivity index (χ2v) is 6.03. The van der Waals surface area contributed by atoms with E-state index in [2.05, 4.69) is 5.10 Å². The number of aryl methyl sites for hydroxylation is 1. The molecular formula is C15H17ClN2O. The van der Waals surface area contributed by atoms with Crippen molar-refractivity contribution < 1.29 is 4.79 Å². The first-order chi connectivity index (χ1) is 8.84. The Morgan fingerprint density at radius 2 is 2.00 bits per heavy atom. The molecule has 0 saturated carbocycles. The van der Waals surface area contributed by atoms with Gasteiger partial charge in [-0.2, -0.15) is 5.10 Å². The fourth-order valence-electron chi connectivity index (χ4n) is 2.00. The SMILES string of the molecule is Cc1cccc(-n2nc(C(C)(C)C)c(C=O)c2Cl)c1. The highest BCUT2D eigenvalue weighted by atomic mass is 35.5. The van der Waals surface area contributed by atoms with Gasteiger partial charge >= 0.3 is 0 Å². The molecule has 1 heterocycles. The molecule has 0 aliphatic rings. The van der Waals surface area contributed by atoms with Crippen molar-refractivity contribution in [1.82, 2.24) is 9.78 Å². The van der Waals surface area contributed by atoms with Gasteiger partial charge in [0.05, 0.1) is 16.9 Å². The number of rotatable bonds is 2. The first-order valence-corrected chi connectivity index (χ1v) is 6.53. The van der Waals surface area contributed by atoms with Crippen molar-refractivity contribution in [1.29, 1.82) is 0 Å². The third-order valence-corrected chi connectivity index (χ3v) is 3.30. The summed E-state index contributed by atoms with van der Waals surface area (Å²) in [5.74, 6) is 0. The highest BCUT2D eigenvalue weighted by molar-refractivity contribution is 6.32. The normalized spacial score (nSPS) is 11.6. The Labute approximate surface area is 118 Å². The minimum absolute atomic E-state index is 0.227. The van der Waals surface area contributed by atoms with Gasteiger partial charge in [-0.25, -0.2) is 4.68 Å². The lowest BCUT2D eigenvalue weighted by molar-refractivity contribution is 0.112. The molecule has 0 bridgehead atoms. The van der Waals surface area contributed by atoms with Gasteiger partial charge in [0.1, 0.15) is 5.15 Å². The summed E-state index contributed by atoms with van der Waals surface area (Å²) >= 11 is 6.29.